The van der Waals surface area contributed by atoms with Crippen molar-refractivity contribution in [1.29, 1.82) is 0 Å². The number of piperidine rings is 1. The molecule has 7 nitrogen and oxygen atoms in total. The van der Waals surface area contributed by atoms with Crippen LogP contribution < -0.4 is 4.90 Å². The van der Waals surface area contributed by atoms with Crippen LogP contribution in [0.15, 0.2) is 30.3 Å². The fourth-order valence-corrected chi connectivity index (χ4v) is 3.54. The number of para-hydroxylation sites is 1. The van der Waals surface area contributed by atoms with E-state index in [4.69, 9.17) is 4.74 Å². The maximum absolute atomic E-state index is 12.6. The number of carbonyl (C=O) groups is 3. The Morgan fingerprint density at radius 1 is 0.963 bits per heavy atom. The van der Waals surface area contributed by atoms with Crippen LogP contribution in [-0.2, 0) is 14.3 Å². The summed E-state index contributed by atoms with van der Waals surface area (Å²) in [5, 5.41) is 0. The number of nitrogens with zero attached hydrogens (tertiary/aromatic N) is 3. The number of benzene rings is 1. The van der Waals surface area contributed by atoms with Gasteiger partial charge in [-0.05, 0) is 45.7 Å². The van der Waals surface area contributed by atoms with Gasteiger partial charge in [0.15, 0.2) is 0 Å². The first-order valence-electron chi connectivity index (χ1n) is 9.42. The molecule has 3 rings (SSSR count). The highest BCUT2D eigenvalue weighted by molar-refractivity contribution is 6.41. The van der Waals surface area contributed by atoms with E-state index in [1.54, 1.807) is 9.80 Å². The summed E-state index contributed by atoms with van der Waals surface area (Å²) in [4.78, 5) is 42.3. The number of carbonyl (C=O) groups excluding carboxylic acids is 3. The van der Waals surface area contributed by atoms with E-state index >= 15 is 0 Å². The third-order valence-corrected chi connectivity index (χ3v) is 4.88. The molecule has 0 aliphatic carbocycles. The molecule has 0 spiro atoms. The number of piperazine rings is 1. The summed E-state index contributed by atoms with van der Waals surface area (Å²) in [6.45, 7) is 7.58. The molecule has 0 N–H and O–H groups in total. The van der Waals surface area contributed by atoms with Crippen molar-refractivity contribution in [2.45, 2.75) is 45.3 Å². The second-order valence-corrected chi connectivity index (χ2v) is 7.99. The Bertz CT molecular complexity index is 706. The normalized spacial score (nSPS) is 19.4. The van der Waals surface area contributed by atoms with Gasteiger partial charge >= 0.3 is 17.9 Å². The van der Waals surface area contributed by atoms with Crippen molar-refractivity contribution in [3.05, 3.63) is 30.3 Å². The summed E-state index contributed by atoms with van der Waals surface area (Å²) in [7, 11) is 0. The van der Waals surface area contributed by atoms with Gasteiger partial charge in [0.25, 0.3) is 0 Å². The lowest BCUT2D eigenvalue weighted by atomic mass is 10.0. The van der Waals surface area contributed by atoms with Crippen molar-refractivity contribution in [3.8, 4) is 0 Å². The smallest absolute Gasteiger partial charge is 0.410 e. The maximum Gasteiger partial charge on any atom is 0.410 e. The Balaban J connectivity index is 1.57. The van der Waals surface area contributed by atoms with Crippen LogP contribution in [-0.4, -0.2) is 65.5 Å². The van der Waals surface area contributed by atoms with E-state index in [1.165, 1.54) is 4.90 Å². The largest absolute Gasteiger partial charge is 0.444 e. The summed E-state index contributed by atoms with van der Waals surface area (Å²) in [5.41, 5.74) is 0.222. The van der Waals surface area contributed by atoms with Crippen molar-refractivity contribution < 1.29 is 19.1 Å². The van der Waals surface area contributed by atoms with E-state index in [9.17, 15) is 14.4 Å². The number of likely N-dealkylation sites (tertiary alicyclic amines) is 1. The molecule has 2 fully saturated rings. The Kier molecular flexibility index (Phi) is 5.39. The van der Waals surface area contributed by atoms with Gasteiger partial charge in [0.1, 0.15) is 5.60 Å². The van der Waals surface area contributed by atoms with Gasteiger partial charge in [-0.2, -0.15) is 0 Å². The quantitative estimate of drug-likeness (QED) is 0.746. The molecule has 0 unspecified atom stereocenters. The average Bonchev–Trinajstić information content (AvgIpc) is 2.63. The topological polar surface area (TPSA) is 70.2 Å². The Labute approximate surface area is 159 Å². The molecule has 1 aromatic rings. The van der Waals surface area contributed by atoms with Gasteiger partial charge in [0.2, 0.25) is 0 Å². The predicted octanol–water partition coefficient (Wildman–Crippen LogP) is 2.26. The Morgan fingerprint density at radius 3 is 2.19 bits per heavy atom. The zero-order valence-corrected chi connectivity index (χ0v) is 16.2. The van der Waals surface area contributed by atoms with E-state index < -0.39 is 17.4 Å². The van der Waals surface area contributed by atoms with Crippen LogP contribution in [0.5, 0.6) is 0 Å². The van der Waals surface area contributed by atoms with E-state index in [2.05, 4.69) is 0 Å². The zero-order valence-electron chi connectivity index (χ0n) is 16.2. The zero-order chi connectivity index (χ0) is 19.6. The third-order valence-electron chi connectivity index (χ3n) is 4.88. The standard InChI is InChI=1S/C20H27N3O4/c1-20(2,3)27-19(26)21-11-9-16(10-12-21)23-14-13-22(17(24)18(23)25)15-7-5-4-6-8-15/h4-8,16H,9-14H2,1-3H3. The molecule has 1 aromatic carbocycles. The van der Waals surface area contributed by atoms with Gasteiger partial charge < -0.3 is 19.4 Å². The molecule has 2 aliphatic heterocycles. The summed E-state index contributed by atoms with van der Waals surface area (Å²) < 4.78 is 5.40. The van der Waals surface area contributed by atoms with Crippen LogP contribution in [0.1, 0.15) is 33.6 Å². The van der Waals surface area contributed by atoms with Crippen molar-refractivity contribution in [2.24, 2.45) is 0 Å². The first kappa shape index (κ1) is 19.2. The lowest BCUT2D eigenvalue weighted by Gasteiger charge is -2.42. The molecule has 2 aliphatic rings. The number of amides is 3. The third kappa shape index (κ3) is 4.40. The van der Waals surface area contributed by atoms with Crippen molar-refractivity contribution in [3.63, 3.8) is 0 Å². The minimum atomic E-state index is -0.524. The highest BCUT2D eigenvalue weighted by Gasteiger charge is 2.38. The average molecular weight is 373 g/mol. The molecule has 2 saturated heterocycles. The van der Waals surface area contributed by atoms with Crippen LogP contribution in [0, 0.1) is 0 Å². The summed E-state index contributed by atoms with van der Waals surface area (Å²) in [6.07, 6.45) is 0.991. The molecule has 146 valence electrons. The molecule has 3 amide bonds. The summed E-state index contributed by atoms with van der Waals surface area (Å²) >= 11 is 0. The molecule has 2 heterocycles. The summed E-state index contributed by atoms with van der Waals surface area (Å²) in [5.74, 6) is -0.942. The van der Waals surface area contributed by atoms with E-state index in [0.29, 0.717) is 39.0 Å². The highest BCUT2D eigenvalue weighted by Crippen LogP contribution is 2.23. The van der Waals surface area contributed by atoms with E-state index in [1.807, 2.05) is 51.1 Å². The molecule has 0 aromatic heterocycles. The van der Waals surface area contributed by atoms with E-state index in [0.717, 1.165) is 5.69 Å². The first-order valence-corrected chi connectivity index (χ1v) is 9.42. The Hall–Kier alpha value is -2.57. The Morgan fingerprint density at radius 2 is 1.59 bits per heavy atom. The first-order chi connectivity index (χ1) is 12.8. The number of hydrogen-bond acceptors (Lipinski definition) is 4. The monoisotopic (exact) mass is 373 g/mol. The summed E-state index contributed by atoms with van der Waals surface area (Å²) in [6, 6.07) is 9.24. The molecule has 7 heteroatoms. The van der Waals surface area contributed by atoms with E-state index in [-0.39, 0.29) is 12.1 Å². The minimum absolute atomic E-state index is 0.0157. The molecular formula is C20H27N3O4. The second kappa shape index (κ2) is 7.58. The minimum Gasteiger partial charge on any atom is -0.444 e. The second-order valence-electron chi connectivity index (χ2n) is 7.99. The van der Waals surface area contributed by atoms with Gasteiger partial charge in [-0.25, -0.2) is 4.79 Å². The van der Waals surface area contributed by atoms with Gasteiger partial charge in [0.05, 0.1) is 0 Å². The van der Waals surface area contributed by atoms with Crippen LogP contribution in [0.4, 0.5) is 10.5 Å². The number of hydrogen-bond donors (Lipinski definition) is 0. The molecule has 0 saturated carbocycles. The van der Waals surface area contributed by atoms with Crippen LogP contribution in [0.25, 0.3) is 0 Å². The van der Waals surface area contributed by atoms with Gasteiger partial charge in [0, 0.05) is 37.9 Å². The lowest BCUT2D eigenvalue weighted by Crippen LogP contribution is -2.59. The van der Waals surface area contributed by atoms with Gasteiger partial charge in [-0.1, -0.05) is 18.2 Å². The van der Waals surface area contributed by atoms with Crippen molar-refractivity contribution in [2.75, 3.05) is 31.1 Å². The van der Waals surface area contributed by atoms with Crippen molar-refractivity contribution >= 4 is 23.6 Å². The molecule has 27 heavy (non-hydrogen) atoms. The fourth-order valence-electron chi connectivity index (χ4n) is 3.54. The van der Waals surface area contributed by atoms with Crippen molar-refractivity contribution in [1.82, 2.24) is 9.80 Å². The molecule has 0 radical (unpaired) electrons. The molecule has 0 atom stereocenters. The number of rotatable bonds is 2. The van der Waals surface area contributed by atoms with Crippen LogP contribution in [0.2, 0.25) is 0 Å². The number of ether oxygens (including phenoxy) is 1. The molecule has 0 bridgehead atoms. The lowest BCUT2D eigenvalue weighted by molar-refractivity contribution is -0.148. The van der Waals surface area contributed by atoms with Gasteiger partial charge in [-0.15, -0.1) is 0 Å². The number of anilines is 1. The van der Waals surface area contributed by atoms with Gasteiger partial charge in [-0.3, -0.25) is 9.59 Å². The van der Waals surface area contributed by atoms with Crippen LogP contribution in [0.3, 0.4) is 0 Å². The SMILES string of the molecule is CC(C)(C)OC(=O)N1CCC(N2CCN(c3ccccc3)C(=O)C2=O)CC1. The predicted molar refractivity (Wildman–Crippen MR) is 101 cm³/mol. The highest BCUT2D eigenvalue weighted by atomic mass is 16.6. The fraction of sp³-hybridized carbons (Fsp3) is 0.550. The maximum atomic E-state index is 12.6. The van der Waals surface area contributed by atoms with Crippen LogP contribution >= 0.6 is 0 Å². The molecular weight excluding hydrogens is 346 g/mol.